The molecule has 1 fully saturated rings. The van der Waals surface area contributed by atoms with E-state index >= 15 is 0 Å². The molecule has 1 aliphatic rings. The van der Waals surface area contributed by atoms with Crippen LogP contribution in [-0.4, -0.2) is 40.4 Å². The van der Waals surface area contributed by atoms with E-state index < -0.39 is 0 Å². The average Bonchev–Trinajstić information content (AvgIpc) is 2.34. The van der Waals surface area contributed by atoms with Crippen LogP contribution in [0.5, 0.6) is 0 Å². The third-order valence-electron chi connectivity index (χ3n) is 2.76. The largest absolute Gasteiger partial charge is 0.365 e. The summed E-state index contributed by atoms with van der Waals surface area (Å²) in [5, 5.41) is 3.27. The zero-order chi connectivity index (χ0) is 12.3. The maximum Gasteiger partial charge on any atom is 0.239 e. The van der Waals surface area contributed by atoms with Crippen molar-refractivity contribution in [1.29, 1.82) is 0 Å². The number of piperidine rings is 1. The highest BCUT2D eigenvalue weighted by molar-refractivity contribution is 5.77. The minimum Gasteiger partial charge on any atom is -0.365 e. The van der Waals surface area contributed by atoms with Crippen molar-refractivity contribution in [2.24, 2.45) is 5.84 Å². The van der Waals surface area contributed by atoms with Crippen molar-refractivity contribution >= 4 is 17.7 Å². The van der Waals surface area contributed by atoms with Crippen molar-refractivity contribution in [2.75, 3.05) is 24.3 Å². The molecule has 17 heavy (non-hydrogen) atoms. The Morgan fingerprint density at radius 3 is 3.12 bits per heavy atom. The second-order valence-corrected chi connectivity index (χ2v) is 4.06. The summed E-state index contributed by atoms with van der Waals surface area (Å²) < 4.78 is 0. The second kappa shape index (κ2) is 4.96. The standard InChI is InChI=1S/C10H16N6O/c1-16-6-7(2-3-9(16)17)13-8-4-5-12-10(14-8)15-11/h4-5,7H,2-3,6,11H2,1H3,(H2,12,13,14,15). The van der Waals surface area contributed by atoms with Crippen molar-refractivity contribution in [3.63, 3.8) is 0 Å². The number of likely N-dealkylation sites (N-methyl/N-ethyl adjacent to an activating group) is 1. The fourth-order valence-electron chi connectivity index (χ4n) is 1.85. The molecule has 1 aliphatic heterocycles. The number of likely N-dealkylation sites (tertiary alicyclic amines) is 1. The van der Waals surface area contributed by atoms with Gasteiger partial charge in [0.1, 0.15) is 5.82 Å². The molecule has 1 atom stereocenters. The summed E-state index contributed by atoms with van der Waals surface area (Å²) in [5.74, 6) is 6.51. The van der Waals surface area contributed by atoms with Crippen LogP contribution in [0.2, 0.25) is 0 Å². The van der Waals surface area contributed by atoms with Gasteiger partial charge in [-0.25, -0.2) is 10.8 Å². The van der Waals surface area contributed by atoms with E-state index in [2.05, 4.69) is 20.7 Å². The zero-order valence-electron chi connectivity index (χ0n) is 9.68. The predicted molar refractivity (Wildman–Crippen MR) is 64.1 cm³/mol. The fraction of sp³-hybridized carbons (Fsp3) is 0.500. The molecule has 2 rings (SSSR count). The maximum absolute atomic E-state index is 11.3. The molecule has 92 valence electrons. The van der Waals surface area contributed by atoms with E-state index in [1.165, 1.54) is 0 Å². The Morgan fingerprint density at radius 2 is 2.41 bits per heavy atom. The lowest BCUT2D eigenvalue weighted by atomic mass is 10.1. The monoisotopic (exact) mass is 236 g/mol. The molecule has 0 saturated carbocycles. The molecule has 0 aromatic carbocycles. The number of nitrogens with zero attached hydrogens (tertiary/aromatic N) is 3. The first-order valence-corrected chi connectivity index (χ1v) is 5.49. The molecular weight excluding hydrogens is 220 g/mol. The van der Waals surface area contributed by atoms with Crippen molar-refractivity contribution < 1.29 is 4.79 Å². The van der Waals surface area contributed by atoms with Gasteiger partial charge in [-0.2, -0.15) is 4.98 Å². The number of nitrogens with one attached hydrogen (secondary N) is 2. The molecule has 1 aromatic heterocycles. The number of amides is 1. The van der Waals surface area contributed by atoms with E-state index in [0.29, 0.717) is 24.7 Å². The highest BCUT2D eigenvalue weighted by atomic mass is 16.2. The fourth-order valence-corrected chi connectivity index (χ4v) is 1.85. The minimum absolute atomic E-state index is 0.190. The van der Waals surface area contributed by atoms with Gasteiger partial charge in [-0.1, -0.05) is 0 Å². The molecule has 1 saturated heterocycles. The SMILES string of the molecule is CN1CC(Nc2ccnc(NN)n2)CCC1=O. The number of aromatic nitrogens is 2. The summed E-state index contributed by atoms with van der Waals surface area (Å²) in [6.45, 7) is 0.689. The van der Waals surface area contributed by atoms with Gasteiger partial charge in [0.15, 0.2) is 0 Å². The Labute approximate surface area is 99.4 Å². The van der Waals surface area contributed by atoms with E-state index in [-0.39, 0.29) is 11.9 Å². The number of hydrazine groups is 1. The molecule has 1 amide bonds. The first-order valence-electron chi connectivity index (χ1n) is 5.49. The number of hydrogen-bond acceptors (Lipinski definition) is 6. The lowest BCUT2D eigenvalue weighted by Gasteiger charge is -2.30. The topological polar surface area (TPSA) is 96.2 Å². The van der Waals surface area contributed by atoms with Crippen LogP contribution in [-0.2, 0) is 4.79 Å². The molecule has 0 radical (unpaired) electrons. The first-order chi connectivity index (χ1) is 8.19. The van der Waals surface area contributed by atoms with Gasteiger partial charge in [0.25, 0.3) is 0 Å². The Hall–Kier alpha value is -1.89. The number of carbonyl (C=O) groups excluding carboxylic acids is 1. The summed E-state index contributed by atoms with van der Waals surface area (Å²) in [7, 11) is 1.81. The highest BCUT2D eigenvalue weighted by Gasteiger charge is 2.22. The molecule has 1 unspecified atom stereocenters. The van der Waals surface area contributed by atoms with Crippen LogP contribution in [0.1, 0.15) is 12.8 Å². The Kier molecular flexibility index (Phi) is 3.38. The van der Waals surface area contributed by atoms with Gasteiger partial charge in [-0.15, -0.1) is 0 Å². The van der Waals surface area contributed by atoms with Crippen molar-refractivity contribution in [2.45, 2.75) is 18.9 Å². The van der Waals surface area contributed by atoms with E-state index in [9.17, 15) is 4.79 Å². The summed E-state index contributed by atoms with van der Waals surface area (Å²) in [5.41, 5.74) is 2.39. The summed E-state index contributed by atoms with van der Waals surface area (Å²) in [6, 6.07) is 2.00. The molecule has 2 heterocycles. The van der Waals surface area contributed by atoms with Crippen LogP contribution in [0.15, 0.2) is 12.3 Å². The normalized spacial score (nSPS) is 20.2. The van der Waals surface area contributed by atoms with Gasteiger partial charge >= 0.3 is 0 Å². The number of carbonyl (C=O) groups is 1. The van der Waals surface area contributed by atoms with E-state index in [4.69, 9.17) is 5.84 Å². The third-order valence-corrected chi connectivity index (χ3v) is 2.76. The van der Waals surface area contributed by atoms with Crippen molar-refractivity contribution in [3.8, 4) is 0 Å². The van der Waals surface area contributed by atoms with Crippen molar-refractivity contribution in [3.05, 3.63) is 12.3 Å². The van der Waals surface area contributed by atoms with Crippen LogP contribution >= 0.6 is 0 Å². The molecule has 4 N–H and O–H groups in total. The van der Waals surface area contributed by atoms with Crippen molar-refractivity contribution in [1.82, 2.24) is 14.9 Å². The smallest absolute Gasteiger partial charge is 0.239 e. The van der Waals surface area contributed by atoms with E-state index in [0.717, 1.165) is 6.42 Å². The summed E-state index contributed by atoms with van der Waals surface area (Å²) >= 11 is 0. The molecule has 7 nitrogen and oxygen atoms in total. The predicted octanol–water partition coefficient (Wildman–Crippen LogP) is -0.205. The third kappa shape index (κ3) is 2.82. The van der Waals surface area contributed by atoms with Gasteiger partial charge in [-0.3, -0.25) is 10.2 Å². The maximum atomic E-state index is 11.3. The highest BCUT2D eigenvalue weighted by Crippen LogP contribution is 2.14. The van der Waals surface area contributed by atoms with Crippen LogP contribution in [0, 0.1) is 0 Å². The minimum atomic E-state index is 0.190. The Balaban J connectivity index is 1.98. The lowest BCUT2D eigenvalue weighted by Crippen LogP contribution is -2.43. The van der Waals surface area contributed by atoms with Gasteiger partial charge in [0.05, 0.1) is 0 Å². The number of nitrogen functional groups attached to an aromatic ring is 1. The van der Waals surface area contributed by atoms with E-state index in [1.54, 1.807) is 17.2 Å². The summed E-state index contributed by atoms with van der Waals surface area (Å²) in [4.78, 5) is 21.2. The lowest BCUT2D eigenvalue weighted by molar-refractivity contribution is -0.132. The molecule has 7 heteroatoms. The molecule has 0 bridgehead atoms. The Morgan fingerprint density at radius 1 is 1.59 bits per heavy atom. The van der Waals surface area contributed by atoms with Gasteiger partial charge in [-0.05, 0) is 12.5 Å². The molecule has 1 aromatic rings. The molecular formula is C10H16N6O. The van der Waals surface area contributed by atoms with Gasteiger partial charge in [0.2, 0.25) is 11.9 Å². The van der Waals surface area contributed by atoms with Crippen LogP contribution < -0.4 is 16.6 Å². The molecule has 0 aliphatic carbocycles. The number of hydrogen-bond donors (Lipinski definition) is 3. The zero-order valence-corrected chi connectivity index (χ0v) is 9.68. The van der Waals surface area contributed by atoms with Gasteiger partial charge in [0, 0.05) is 32.3 Å². The Bertz CT molecular complexity index is 410. The first kappa shape index (κ1) is 11.6. The molecule has 0 spiro atoms. The number of rotatable bonds is 3. The van der Waals surface area contributed by atoms with Gasteiger partial charge < -0.3 is 10.2 Å². The number of nitrogens with two attached hydrogens (primary N) is 1. The summed E-state index contributed by atoms with van der Waals surface area (Å²) in [6.07, 6.45) is 3.02. The van der Waals surface area contributed by atoms with E-state index in [1.807, 2.05) is 7.05 Å². The second-order valence-electron chi connectivity index (χ2n) is 4.06. The van der Waals surface area contributed by atoms with Crippen LogP contribution in [0.25, 0.3) is 0 Å². The van der Waals surface area contributed by atoms with Crippen LogP contribution in [0.3, 0.4) is 0 Å². The quantitative estimate of drug-likeness (QED) is 0.496. The average molecular weight is 236 g/mol. The van der Waals surface area contributed by atoms with Crippen LogP contribution in [0.4, 0.5) is 11.8 Å². The number of anilines is 2.